The van der Waals surface area contributed by atoms with Gasteiger partial charge in [0.2, 0.25) is 0 Å². The molecular formula is C13H26. The second-order valence-electron chi connectivity index (χ2n) is 4.37. The van der Waals surface area contributed by atoms with E-state index < -0.39 is 0 Å². The van der Waals surface area contributed by atoms with E-state index in [9.17, 15) is 0 Å². The first-order valence-corrected chi connectivity index (χ1v) is 5.87. The third-order valence-electron chi connectivity index (χ3n) is 2.43. The summed E-state index contributed by atoms with van der Waals surface area (Å²) in [4.78, 5) is 0. The average molecular weight is 182 g/mol. The Balaban J connectivity index is 3.63. The van der Waals surface area contributed by atoms with E-state index in [1.807, 2.05) is 0 Å². The van der Waals surface area contributed by atoms with E-state index in [0.717, 1.165) is 11.8 Å². The Morgan fingerprint density at radius 2 is 1.85 bits per heavy atom. The predicted molar refractivity (Wildman–Crippen MR) is 61.9 cm³/mol. The number of rotatable bonds is 7. The lowest BCUT2D eigenvalue weighted by atomic mass is 9.94. The molecule has 1 unspecified atom stereocenters. The summed E-state index contributed by atoms with van der Waals surface area (Å²) in [5.74, 6) is 1.65. The molecule has 0 saturated carbocycles. The van der Waals surface area contributed by atoms with E-state index in [4.69, 9.17) is 0 Å². The summed E-state index contributed by atoms with van der Waals surface area (Å²) in [5.41, 5.74) is 0. The maximum atomic E-state index is 2.43. The van der Waals surface area contributed by atoms with Gasteiger partial charge < -0.3 is 0 Å². The van der Waals surface area contributed by atoms with Gasteiger partial charge in [-0.25, -0.2) is 0 Å². The van der Waals surface area contributed by atoms with Crippen molar-refractivity contribution in [2.24, 2.45) is 11.8 Å². The Morgan fingerprint density at radius 1 is 1.15 bits per heavy atom. The van der Waals surface area contributed by atoms with Crippen molar-refractivity contribution in [2.75, 3.05) is 0 Å². The van der Waals surface area contributed by atoms with Gasteiger partial charge in [-0.2, -0.15) is 0 Å². The summed E-state index contributed by atoms with van der Waals surface area (Å²) >= 11 is 0. The molecule has 0 aliphatic carbocycles. The van der Waals surface area contributed by atoms with Crippen LogP contribution in [0.15, 0.2) is 12.2 Å². The number of allylic oxidation sites excluding steroid dienone is 2. The number of unbranched alkanes of at least 4 members (excludes halogenated alkanes) is 2. The maximum absolute atomic E-state index is 2.43. The summed E-state index contributed by atoms with van der Waals surface area (Å²) in [6.45, 7) is 9.15. The van der Waals surface area contributed by atoms with Crippen LogP contribution in [0, 0.1) is 11.8 Å². The summed E-state index contributed by atoms with van der Waals surface area (Å²) in [6.07, 6.45) is 11.4. The molecular weight excluding hydrogens is 156 g/mol. The van der Waals surface area contributed by atoms with Crippen molar-refractivity contribution in [1.82, 2.24) is 0 Å². The van der Waals surface area contributed by atoms with Crippen LogP contribution >= 0.6 is 0 Å². The molecule has 0 heterocycles. The van der Waals surface area contributed by atoms with E-state index in [2.05, 4.69) is 39.8 Å². The van der Waals surface area contributed by atoms with Crippen molar-refractivity contribution in [3.05, 3.63) is 12.2 Å². The average Bonchev–Trinajstić information content (AvgIpc) is 2.09. The molecule has 0 aliphatic heterocycles. The van der Waals surface area contributed by atoms with Crippen molar-refractivity contribution < 1.29 is 0 Å². The molecule has 0 N–H and O–H groups in total. The largest absolute Gasteiger partial charge is 0.0883 e. The van der Waals surface area contributed by atoms with Crippen LogP contribution in [-0.2, 0) is 0 Å². The predicted octanol–water partition coefficient (Wildman–Crippen LogP) is 4.81. The molecule has 0 spiro atoms. The van der Waals surface area contributed by atoms with Crippen LogP contribution < -0.4 is 0 Å². The van der Waals surface area contributed by atoms with E-state index in [0.29, 0.717) is 0 Å². The summed E-state index contributed by atoms with van der Waals surface area (Å²) in [5, 5.41) is 0. The van der Waals surface area contributed by atoms with E-state index in [1.165, 1.54) is 32.1 Å². The molecule has 0 radical (unpaired) electrons. The number of hydrogen-bond acceptors (Lipinski definition) is 0. The van der Waals surface area contributed by atoms with Gasteiger partial charge in [-0.3, -0.25) is 0 Å². The minimum absolute atomic E-state index is 0.817. The molecule has 0 aromatic rings. The molecule has 0 amide bonds. The fourth-order valence-electron chi connectivity index (χ4n) is 1.60. The highest BCUT2D eigenvalue weighted by Gasteiger charge is 2.03. The van der Waals surface area contributed by atoms with Crippen molar-refractivity contribution in [2.45, 2.75) is 59.8 Å². The molecule has 13 heavy (non-hydrogen) atoms. The Morgan fingerprint density at radius 3 is 2.31 bits per heavy atom. The summed E-state index contributed by atoms with van der Waals surface area (Å²) in [7, 11) is 0. The zero-order chi connectivity index (χ0) is 10.1. The van der Waals surface area contributed by atoms with Crippen LogP contribution in [-0.4, -0.2) is 0 Å². The lowest BCUT2D eigenvalue weighted by Gasteiger charge is -2.12. The fraction of sp³-hybridized carbons (Fsp3) is 0.846. The van der Waals surface area contributed by atoms with Gasteiger partial charge in [0.25, 0.3) is 0 Å². The van der Waals surface area contributed by atoms with Crippen molar-refractivity contribution in [1.29, 1.82) is 0 Å². The van der Waals surface area contributed by atoms with Crippen molar-refractivity contribution >= 4 is 0 Å². The molecule has 1 atom stereocenters. The lowest BCUT2D eigenvalue weighted by molar-refractivity contribution is 0.464. The SMILES string of the molecule is CCCC/C=C/C(CC)CC(C)C. The highest BCUT2D eigenvalue weighted by molar-refractivity contribution is 4.88. The van der Waals surface area contributed by atoms with E-state index in [1.54, 1.807) is 0 Å². The normalized spacial score (nSPS) is 14.2. The van der Waals surface area contributed by atoms with Gasteiger partial charge in [-0.15, -0.1) is 0 Å². The quantitative estimate of drug-likeness (QED) is 0.392. The second-order valence-corrected chi connectivity index (χ2v) is 4.37. The van der Waals surface area contributed by atoms with Gasteiger partial charge in [0.1, 0.15) is 0 Å². The highest BCUT2D eigenvalue weighted by atomic mass is 14.1. The smallest absolute Gasteiger partial charge is 0.0234 e. The van der Waals surface area contributed by atoms with Crippen LogP contribution in [0.2, 0.25) is 0 Å². The molecule has 78 valence electrons. The Hall–Kier alpha value is -0.260. The van der Waals surface area contributed by atoms with E-state index >= 15 is 0 Å². The lowest BCUT2D eigenvalue weighted by Crippen LogP contribution is -1.99. The molecule has 0 rings (SSSR count). The van der Waals surface area contributed by atoms with Crippen LogP contribution in [0.1, 0.15) is 59.8 Å². The van der Waals surface area contributed by atoms with Crippen LogP contribution in [0.25, 0.3) is 0 Å². The Labute approximate surface area is 84.4 Å². The first-order chi connectivity index (χ1) is 6.20. The monoisotopic (exact) mass is 182 g/mol. The third kappa shape index (κ3) is 8.08. The minimum atomic E-state index is 0.817. The molecule has 0 nitrogen and oxygen atoms in total. The molecule has 0 fully saturated rings. The van der Waals surface area contributed by atoms with Crippen molar-refractivity contribution in [3.63, 3.8) is 0 Å². The zero-order valence-electron chi connectivity index (χ0n) is 9.84. The molecule has 0 aromatic carbocycles. The van der Waals surface area contributed by atoms with Crippen LogP contribution in [0.5, 0.6) is 0 Å². The van der Waals surface area contributed by atoms with Gasteiger partial charge in [0, 0.05) is 0 Å². The second kappa shape index (κ2) is 8.34. The van der Waals surface area contributed by atoms with Gasteiger partial charge in [0.15, 0.2) is 0 Å². The zero-order valence-corrected chi connectivity index (χ0v) is 9.84. The Kier molecular flexibility index (Phi) is 8.18. The minimum Gasteiger partial charge on any atom is -0.0883 e. The maximum Gasteiger partial charge on any atom is -0.0234 e. The molecule has 0 aliphatic rings. The van der Waals surface area contributed by atoms with Crippen molar-refractivity contribution in [3.8, 4) is 0 Å². The van der Waals surface area contributed by atoms with Gasteiger partial charge in [-0.05, 0) is 31.1 Å². The number of hydrogen-bond donors (Lipinski definition) is 0. The standard InChI is InChI=1S/C13H26/c1-5-7-8-9-10-13(6-2)11-12(3)4/h9-10,12-13H,5-8,11H2,1-4H3/b10-9+. The van der Waals surface area contributed by atoms with Gasteiger partial charge >= 0.3 is 0 Å². The first kappa shape index (κ1) is 12.7. The molecule has 0 saturated heterocycles. The Bertz CT molecular complexity index is 122. The van der Waals surface area contributed by atoms with Crippen LogP contribution in [0.4, 0.5) is 0 Å². The van der Waals surface area contributed by atoms with Gasteiger partial charge in [-0.1, -0.05) is 52.7 Å². The van der Waals surface area contributed by atoms with Gasteiger partial charge in [0.05, 0.1) is 0 Å². The van der Waals surface area contributed by atoms with E-state index in [-0.39, 0.29) is 0 Å². The summed E-state index contributed by atoms with van der Waals surface area (Å²) < 4.78 is 0. The first-order valence-electron chi connectivity index (χ1n) is 5.87. The molecule has 0 aromatic heterocycles. The highest BCUT2D eigenvalue weighted by Crippen LogP contribution is 2.16. The fourth-order valence-corrected chi connectivity index (χ4v) is 1.60. The van der Waals surface area contributed by atoms with Crippen LogP contribution in [0.3, 0.4) is 0 Å². The molecule has 0 heteroatoms. The third-order valence-corrected chi connectivity index (χ3v) is 2.43. The molecule has 0 bridgehead atoms. The topological polar surface area (TPSA) is 0 Å². The summed E-state index contributed by atoms with van der Waals surface area (Å²) in [6, 6.07) is 0.